The normalized spacial score (nSPS) is 11.5. The largest absolute Gasteiger partial charge is 0.463 e. The van der Waals surface area contributed by atoms with Crippen LogP contribution in [-0.2, 0) is 71.2 Å². The van der Waals surface area contributed by atoms with Gasteiger partial charge in [0.2, 0.25) is 0 Å². The fourth-order valence-electron chi connectivity index (χ4n) is 6.39. The van der Waals surface area contributed by atoms with E-state index in [-0.39, 0.29) is 25.2 Å². The lowest BCUT2D eigenvalue weighted by Gasteiger charge is -2.09. The molecule has 0 aliphatic carbocycles. The first-order valence-corrected chi connectivity index (χ1v) is 25.9. The summed E-state index contributed by atoms with van der Waals surface area (Å²) in [5, 5.41) is 0. The number of hydrogen-bond donors (Lipinski definition) is 0. The van der Waals surface area contributed by atoms with Gasteiger partial charge in [0, 0.05) is 12.8 Å². The molecule has 0 aliphatic heterocycles. The zero-order chi connectivity index (χ0) is 46.9. The van der Waals surface area contributed by atoms with Crippen LogP contribution in [0, 0.1) is 0 Å². The van der Waals surface area contributed by atoms with Gasteiger partial charge in [-0.15, -0.1) is 0 Å². The van der Waals surface area contributed by atoms with Crippen LogP contribution in [0.3, 0.4) is 0 Å². The maximum Gasteiger partial charge on any atom is 0.305 e. The highest BCUT2D eigenvalue weighted by atomic mass is 16.6. The van der Waals surface area contributed by atoms with Gasteiger partial charge in [0.25, 0.3) is 0 Å². The molecule has 0 radical (unpaired) electrons. The molecule has 0 aromatic heterocycles. The maximum atomic E-state index is 11.9. The monoisotopic (exact) mass is 939 g/mol. The first-order chi connectivity index (χ1) is 32.2. The average molecular weight is 939 g/mol. The summed E-state index contributed by atoms with van der Waals surface area (Å²) in [6.45, 7) is 15.4. The molecule has 15 heteroatoms. The van der Waals surface area contributed by atoms with E-state index >= 15 is 0 Å². The van der Waals surface area contributed by atoms with Crippen molar-refractivity contribution < 1.29 is 71.2 Å². The van der Waals surface area contributed by atoms with Gasteiger partial charge in [-0.2, -0.15) is 0 Å². The number of unbranched alkanes of at least 4 members (excludes halogenated alkanes) is 18. The standard InChI is InChI=1S/C50H98O15/c1-3-5-7-9-10-11-12-13-14-15-16-17-18-20-22-24-50(52)65-48-46-63-44-42-61-40-38-59-36-34-57-32-30-55-28-26-53-25-27-54-29-31-56-33-35-58-37-39-60-41-43-62-45-47-64-49(51)23-21-19-8-6-4-2/h3-48H2,1-2H3. The second kappa shape index (κ2) is 58.6. The van der Waals surface area contributed by atoms with Crippen LogP contribution in [0.25, 0.3) is 0 Å². The van der Waals surface area contributed by atoms with Crippen LogP contribution >= 0.6 is 0 Å². The number of ether oxygens (including phenoxy) is 13. The summed E-state index contributed by atoms with van der Waals surface area (Å²) < 4.78 is 70.9. The Hall–Kier alpha value is -1.50. The molecule has 0 aromatic rings. The molecule has 15 nitrogen and oxygen atoms in total. The quantitative estimate of drug-likeness (QED) is 0.0421. The van der Waals surface area contributed by atoms with Crippen LogP contribution in [-0.4, -0.2) is 171 Å². The van der Waals surface area contributed by atoms with Gasteiger partial charge in [-0.3, -0.25) is 9.59 Å². The molecule has 0 spiro atoms. The molecule has 0 bridgehead atoms. The van der Waals surface area contributed by atoms with Gasteiger partial charge in [0.15, 0.2) is 0 Å². The summed E-state index contributed by atoms with van der Waals surface area (Å²) >= 11 is 0. The molecule has 0 heterocycles. The Morgan fingerprint density at radius 2 is 0.369 bits per heavy atom. The zero-order valence-corrected chi connectivity index (χ0v) is 41.7. The minimum absolute atomic E-state index is 0.133. The van der Waals surface area contributed by atoms with Crippen LogP contribution < -0.4 is 0 Å². The number of hydrogen-bond acceptors (Lipinski definition) is 15. The molecule has 0 rings (SSSR count). The summed E-state index contributed by atoms with van der Waals surface area (Å²) in [5.41, 5.74) is 0. The van der Waals surface area contributed by atoms with Crippen molar-refractivity contribution in [3.63, 3.8) is 0 Å². The van der Waals surface area contributed by atoms with E-state index < -0.39 is 0 Å². The van der Waals surface area contributed by atoms with E-state index in [9.17, 15) is 9.59 Å². The first-order valence-electron chi connectivity index (χ1n) is 25.9. The summed E-state index contributed by atoms with van der Waals surface area (Å²) in [5.74, 6) is -0.283. The SMILES string of the molecule is CCCCCCCCCCCCCCCCCC(=O)OCCOCCOCCOCCOCCOCCOCCOCCOCCOCCOCCOCCOC(=O)CCCCCCC. The number of esters is 2. The van der Waals surface area contributed by atoms with Crippen molar-refractivity contribution in [3.8, 4) is 0 Å². The topological polar surface area (TPSA) is 154 Å². The lowest BCUT2D eigenvalue weighted by atomic mass is 10.0. The highest BCUT2D eigenvalue weighted by Crippen LogP contribution is 2.14. The molecule has 0 aromatic carbocycles. The molecule has 0 N–H and O–H groups in total. The lowest BCUT2D eigenvalue weighted by Crippen LogP contribution is -2.16. The molecule has 65 heavy (non-hydrogen) atoms. The second-order valence-electron chi connectivity index (χ2n) is 16.0. The van der Waals surface area contributed by atoms with Gasteiger partial charge in [0.05, 0.1) is 145 Å². The van der Waals surface area contributed by atoms with Gasteiger partial charge >= 0.3 is 11.9 Å². The van der Waals surface area contributed by atoms with Gasteiger partial charge < -0.3 is 61.6 Å². The minimum atomic E-state index is -0.150. The fraction of sp³-hybridized carbons (Fsp3) is 0.960. The summed E-state index contributed by atoms with van der Waals surface area (Å²) in [7, 11) is 0. The second-order valence-corrected chi connectivity index (χ2v) is 16.0. The van der Waals surface area contributed by atoms with Crippen molar-refractivity contribution >= 4 is 11.9 Å². The van der Waals surface area contributed by atoms with Crippen molar-refractivity contribution in [1.82, 2.24) is 0 Å². The van der Waals surface area contributed by atoms with E-state index in [2.05, 4.69) is 13.8 Å². The van der Waals surface area contributed by atoms with Crippen molar-refractivity contribution in [2.75, 3.05) is 159 Å². The van der Waals surface area contributed by atoms with Crippen LogP contribution in [0.1, 0.15) is 155 Å². The number of carbonyl (C=O) groups is 2. The van der Waals surface area contributed by atoms with E-state index in [1.807, 2.05) is 0 Å². The Morgan fingerprint density at radius 1 is 0.215 bits per heavy atom. The Labute approximate surface area is 395 Å². The van der Waals surface area contributed by atoms with Gasteiger partial charge in [-0.25, -0.2) is 0 Å². The van der Waals surface area contributed by atoms with Crippen molar-refractivity contribution in [3.05, 3.63) is 0 Å². The Bertz CT molecular complexity index is 916. The van der Waals surface area contributed by atoms with E-state index in [1.54, 1.807) is 0 Å². The van der Waals surface area contributed by atoms with Crippen molar-refractivity contribution in [2.24, 2.45) is 0 Å². The Kier molecular flexibility index (Phi) is 57.3. The Balaban J connectivity index is 3.14. The van der Waals surface area contributed by atoms with E-state index in [0.29, 0.717) is 158 Å². The molecular formula is C50H98O15. The maximum absolute atomic E-state index is 11.9. The molecule has 388 valence electrons. The van der Waals surface area contributed by atoms with Gasteiger partial charge in [-0.05, 0) is 12.8 Å². The van der Waals surface area contributed by atoms with Crippen LogP contribution in [0.4, 0.5) is 0 Å². The van der Waals surface area contributed by atoms with E-state index in [4.69, 9.17) is 61.6 Å². The molecule has 0 aliphatic rings. The summed E-state index contributed by atoms with van der Waals surface area (Å²) in [6, 6.07) is 0. The van der Waals surface area contributed by atoms with Crippen molar-refractivity contribution in [2.45, 2.75) is 155 Å². The first kappa shape index (κ1) is 63.5. The van der Waals surface area contributed by atoms with Crippen molar-refractivity contribution in [1.29, 1.82) is 0 Å². The van der Waals surface area contributed by atoms with E-state index in [0.717, 1.165) is 25.7 Å². The summed E-state index contributed by atoms with van der Waals surface area (Å²) in [6.07, 6.45) is 26.2. The smallest absolute Gasteiger partial charge is 0.305 e. The predicted molar refractivity (Wildman–Crippen MR) is 254 cm³/mol. The average Bonchev–Trinajstić information content (AvgIpc) is 3.31. The third-order valence-corrected chi connectivity index (χ3v) is 10.2. The third-order valence-electron chi connectivity index (χ3n) is 10.2. The van der Waals surface area contributed by atoms with Crippen LogP contribution in [0.15, 0.2) is 0 Å². The molecule has 0 unspecified atom stereocenters. The van der Waals surface area contributed by atoms with E-state index in [1.165, 1.54) is 103 Å². The van der Waals surface area contributed by atoms with Gasteiger partial charge in [-0.1, -0.05) is 129 Å². The van der Waals surface area contributed by atoms with Gasteiger partial charge in [0.1, 0.15) is 13.2 Å². The van der Waals surface area contributed by atoms with Crippen LogP contribution in [0.5, 0.6) is 0 Å². The third kappa shape index (κ3) is 58.6. The molecule has 0 saturated heterocycles. The summed E-state index contributed by atoms with van der Waals surface area (Å²) in [4.78, 5) is 23.6. The predicted octanol–water partition coefficient (Wildman–Crippen LogP) is 8.88. The minimum Gasteiger partial charge on any atom is -0.463 e. The molecule has 0 atom stereocenters. The molecule has 0 fully saturated rings. The lowest BCUT2D eigenvalue weighted by molar-refractivity contribution is -0.146. The zero-order valence-electron chi connectivity index (χ0n) is 41.7. The highest BCUT2D eigenvalue weighted by Gasteiger charge is 2.04. The Morgan fingerprint density at radius 3 is 0.554 bits per heavy atom. The molecular weight excluding hydrogens is 841 g/mol. The number of rotatable bonds is 58. The number of carbonyl (C=O) groups excluding carboxylic acids is 2. The fourth-order valence-corrected chi connectivity index (χ4v) is 6.39. The molecule has 0 amide bonds. The highest BCUT2D eigenvalue weighted by molar-refractivity contribution is 5.69. The molecule has 0 saturated carbocycles. The van der Waals surface area contributed by atoms with Crippen LogP contribution in [0.2, 0.25) is 0 Å².